The molecule has 1 aromatic rings. The van der Waals surface area contributed by atoms with E-state index in [0.29, 0.717) is 22.9 Å². The molecular formula is C19H30N2. The van der Waals surface area contributed by atoms with E-state index in [0.717, 1.165) is 19.0 Å². The predicted octanol–water partition coefficient (Wildman–Crippen LogP) is 3.70. The maximum Gasteiger partial charge on any atom is 0.0449 e. The van der Waals surface area contributed by atoms with Gasteiger partial charge in [-0.1, -0.05) is 58.0 Å². The molecular weight excluding hydrogens is 256 g/mol. The van der Waals surface area contributed by atoms with Gasteiger partial charge in [0.1, 0.15) is 0 Å². The fourth-order valence-electron chi connectivity index (χ4n) is 4.11. The Kier molecular flexibility index (Phi) is 3.66. The van der Waals surface area contributed by atoms with Gasteiger partial charge in [0.25, 0.3) is 0 Å². The van der Waals surface area contributed by atoms with Crippen LogP contribution >= 0.6 is 0 Å². The van der Waals surface area contributed by atoms with Crippen molar-refractivity contribution in [1.82, 2.24) is 10.2 Å². The minimum absolute atomic E-state index is 0.479. The van der Waals surface area contributed by atoms with Crippen LogP contribution in [-0.2, 0) is 0 Å². The Morgan fingerprint density at radius 2 is 1.71 bits per heavy atom. The number of hydrogen-bond donors (Lipinski definition) is 1. The fourth-order valence-corrected chi connectivity index (χ4v) is 4.11. The molecule has 2 nitrogen and oxygen atoms in total. The first-order valence-electron chi connectivity index (χ1n) is 8.36. The fraction of sp³-hybridized carbons (Fsp3) is 0.684. The summed E-state index contributed by atoms with van der Waals surface area (Å²) in [5.74, 6) is 0.821. The van der Waals surface area contributed by atoms with Gasteiger partial charge in [0.05, 0.1) is 0 Å². The van der Waals surface area contributed by atoms with Crippen molar-refractivity contribution in [2.24, 2.45) is 16.7 Å². The van der Waals surface area contributed by atoms with E-state index in [1.807, 2.05) is 0 Å². The average Bonchev–Trinajstić information content (AvgIpc) is 2.84. The molecule has 0 bridgehead atoms. The van der Waals surface area contributed by atoms with Crippen molar-refractivity contribution in [1.29, 1.82) is 0 Å². The van der Waals surface area contributed by atoms with E-state index in [9.17, 15) is 0 Å². The molecule has 1 saturated carbocycles. The molecule has 0 aromatic heterocycles. The molecule has 1 aromatic carbocycles. The minimum Gasteiger partial charge on any atom is -0.307 e. The maximum absolute atomic E-state index is 3.71. The molecule has 1 aliphatic heterocycles. The molecule has 1 heterocycles. The summed E-state index contributed by atoms with van der Waals surface area (Å²) < 4.78 is 0. The Morgan fingerprint density at radius 1 is 1.10 bits per heavy atom. The molecule has 0 spiro atoms. The second-order valence-corrected chi connectivity index (χ2v) is 8.17. The summed E-state index contributed by atoms with van der Waals surface area (Å²) in [5, 5.41) is 3.71. The van der Waals surface area contributed by atoms with Crippen molar-refractivity contribution in [3.8, 4) is 0 Å². The number of hydrogen-bond acceptors (Lipinski definition) is 2. The van der Waals surface area contributed by atoms with Gasteiger partial charge in [-0.25, -0.2) is 0 Å². The number of nitrogens with one attached hydrogen (secondary N) is 1. The summed E-state index contributed by atoms with van der Waals surface area (Å²) in [4.78, 5) is 2.70. The highest BCUT2D eigenvalue weighted by Crippen LogP contribution is 2.68. The SMILES string of the molecule is CC1CNC(c2ccccc2)CN1CC1C(C)(C)C1(C)C. The monoisotopic (exact) mass is 286 g/mol. The Bertz CT molecular complexity index is 478. The van der Waals surface area contributed by atoms with Crippen LogP contribution in [0.5, 0.6) is 0 Å². The molecule has 1 N–H and O–H groups in total. The largest absolute Gasteiger partial charge is 0.307 e. The number of rotatable bonds is 3. The van der Waals surface area contributed by atoms with Crippen LogP contribution in [0, 0.1) is 16.7 Å². The summed E-state index contributed by atoms with van der Waals surface area (Å²) in [7, 11) is 0. The summed E-state index contributed by atoms with van der Waals surface area (Å²) in [5.41, 5.74) is 2.39. The van der Waals surface area contributed by atoms with E-state index < -0.39 is 0 Å². The maximum atomic E-state index is 3.71. The third kappa shape index (κ3) is 2.53. The van der Waals surface area contributed by atoms with E-state index in [1.165, 1.54) is 12.1 Å². The quantitative estimate of drug-likeness (QED) is 0.911. The zero-order valence-corrected chi connectivity index (χ0v) is 14.2. The van der Waals surface area contributed by atoms with E-state index in [-0.39, 0.29) is 0 Å². The molecule has 0 radical (unpaired) electrons. The third-order valence-corrected chi connectivity index (χ3v) is 6.64. The van der Waals surface area contributed by atoms with Gasteiger partial charge in [-0.05, 0) is 29.2 Å². The zero-order chi connectivity index (χ0) is 15.3. The lowest BCUT2D eigenvalue weighted by molar-refractivity contribution is 0.127. The van der Waals surface area contributed by atoms with Gasteiger partial charge in [0.15, 0.2) is 0 Å². The van der Waals surface area contributed by atoms with Crippen LogP contribution < -0.4 is 5.32 Å². The van der Waals surface area contributed by atoms with Crippen molar-refractivity contribution >= 4 is 0 Å². The molecule has 21 heavy (non-hydrogen) atoms. The Labute approximate surface area is 129 Å². The van der Waals surface area contributed by atoms with Crippen LogP contribution in [0.3, 0.4) is 0 Å². The van der Waals surface area contributed by atoms with Gasteiger partial charge in [-0.3, -0.25) is 4.90 Å². The molecule has 0 amide bonds. The van der Waals surface area contributed by atoms with Crippen LogP contribution in [-0.4, -0.2) is 30.6 Å². The summed E-state index contributed by atoms with van der Waals surface area (Å²) in [6.45, 7) is 15.5. The summed E-state index contributed by atoms with van der Waals surface area (Å²) in [6, 6.07) is 12.0. The Balaban J connectivity index is 1.68. The highest BCUT2D eigenvalue weighted by molar-refractivity contribution is 5.20. The lowest BCUT2D eigenvalue weighted by Crippen LogP contribution is -2.52. The number of piperazine rings is 1. The zero-order valence-electron chi connectivity index (χ0n) is 14.2. The smallest absolute Gasteiger partial charge is 0.0449 e. The van der Waals surface area contributed by atoms with Crippen molar-refractivity contribution in [2.45, 2.75) is 46.7 Å². The third-order valence-electron chi connectivity index (χ3n) is 6.64. The molecule has 116 valence electrons. The first-order chi connectivity index (χ1) is 9.84. The highest BCUT2D eigenvalue weighted by atomic mass is 15.2. The van der Waals surface area contributed by atoms with Crippen LogP contribution in [0.2, 0.25) is 0 Å². The van der Waals surface area contributed by atoms with Gasteiger partial charge >= 0.3 is 0 Å². The van der Waals surface area contributed by atoms with Crippen LogP contribution in [0.1, 0.15) is 46.2 Å². The van der Waals surface area contributed by atoms with Gasteiger partial charge in [-0.15, -0.1) is 0 Å². The standard InChI is InChI=1S/C19H30N2/c1-14-11-20-16(15-9-7-6-8-10-15)12-21(14)13-17-18(2,3)19(17,4)5/h6-10,14,16-17,20H,11-13H2,1-5H3. The molecule has 2 heteroatoms. The Hall–Kier alpha value is -0.860. The minimum atomic E-state index is 0.479. The number of nitrogens with zero attached hydrogens (tertiary/aromatic N) is 1. The van der Waals surface area contributed by atoms with Gasteiger partial charge in [-0.2, -0.15) is 0 Å². The summed E-state index contributed by atoms with van der Waals surface area (Å²) in [6.07, 6.45) is 0. The second kappa shape index (κ2) is 5.10. The van der Waals surface area contributed by atoms with E-state index >= 15 is 0 Å². The normalized spacial score (nSPS) is 32.0. The summed E-state index contributed by atoms with van der Waals surface area (Å²) >= 11 is 0. The average molecular weight is 286 g/mol. The molecule has 2 atom stereocenters. The van der Waals surface area contributed by atoms with Crippen molar-refractivity contribution in [2.75, 3.05) is 19.6 Å². The first-order valence-corrected chi connectivity index (χ1v) is 8.36. The van der Waals surface area contributed by atoms with Crippen molar-refractivity contribution in [3.63, 3.8) is 0 Å². The van der Waals surface area contributed by atoms with Crippen LogP contribution in [0.4, 0.5) is 0 Å². The van der Waals surface area contributed by atoms with Gasteiger partial charge < -0.3 is 5.32 Å². The predicted molar refractivity (Wildman–Crippen MR) is 89.3 cm³/mol. The first kappa shape index (κ1) is 15.1. The number of benzene rings is 1. The van der Waals surface area contributed by atoms with Crippen LogP contribution in [0.25, 0.3) is 0 Å². The Morgan fingerprint density at radius 3 is 2.29 bits per heavy atom. The van der Waals surface area contributed by atoms with E-state index in [1.54, 1.807) is 0 Å². The van der Waals surface area contributed by atoms with Gasteiger partial charge in [0, 0.05) is 31.7 Å². The van der Waals surface area contributed by atoms with E-state index in [2.05, 4.69) is 75.2 Å². The molecule has 2 aliphatic rings. The van der Waals surface area contributed by atoms with Crippen molar-refractivity contribution in [3.05, 3.63) is 35.9 Å². The highest BCUT2D eigenvalue weighted by Gasteiger charge is 2.64. The van der Waals surface area contributed by atoms with E-state index in [4.69, 9.17) is 0 Å². The second-order valence-electron chi connectivity index (χ2n) is 8.17. The molecule has 2 fully saturated rings. The topological polar surface area (TPSA) is 15.3 Å². The van der Waals surface area contributed by atoms with Gasteiger partial charge in [0.2, 0.25) is 0 Å². The molecule has 1 aliphatic carbocycles. The lowest BCUT2D eigenvalue weighted by atomic mass is 10.0. The molecule has 1 saturated heterocycles. The van der Waals surface area contributed by atoms with Crippen molar-refractivity contribution < 1.29 is 0 Å². The molecule has 3 rings (SSSR count). The lowest BCUT2D eigenvalue weighted by Gasteiger charge is -2.39. The van der Waals surface area contributed by atoms with Crippen LogP contribution in [0.15, 0.2) is 30.3 Å². The molecule has 2 unspecified atom stereocenters.